The van der Waals surface area contributed by atoms with Gasteiger partial charge in [0.25, 0.3) is 0 Å². The Hall–Kier alpha value is -1.96. The Morgan fingerprint density at radius 2 is 2.00 bits per heavy atom. The summed E-state index contributed by atoms with van der Waals surface area (Å²) in [4.78, 5) is 17.2. The van der Waals surface area contributed by atoms with Gasteiger partial charge in [-0.2, -0.15) is 0 Å². The maximum atomic E-state index is 11.9. The molecular weight excluding hydrogens is 286 g/mol. The van der Waals surface area contributed by atoms with Gasteiger partial charge in [0.2, 0.25) is 0 Å². The number of hydrogen-bond acceptors (Lipinski definition) is 5. The van der Waals surface area contributed by atoms with Crippen LogP contribution in [0.25, 0.3) is 10.4 Å². The number of carbonyl (C=O) groups excluding carboxylic acids is 1. The molecule has 110 valence electrons. The van der Waals surface area contributed by atoms with Gasteiger partial charge in [-0.3, -0.25) is 10.7 Å². The second-order valence-corrected chi connectivity index (χ2v) is 5.73. The number of benzene rings is 1. The predicted octanol–water partition coefficient (Wildman–Crippen LogP) is 1.75. The Morgan fingerprint density at radius 1 is 1.24 bits per heavy atom. The highest BCUT2D eigenvalue weighted by atomic mass is 32.1. The molecule has 2 aromatic rings. The van der Waals surface area contributed by atoms with Gasteiger partial charge >= 0.3 is 6.03 Å². The number of thiazole rings is 1. The third-order valence-electron chi connectivity index (χ3n) is 3.16. The molecule has 3 N–H and O–H groups in total. The molecule has 1 aliphatic rings. The van der Waals surface area contributed by atoms with Gasteiger partial charge in [0.05, 0.1) is 4.88 Å². The van der Waals surface area contributed by atoms with Crippen molar-refractivity contribution in [1.29, 1.82) is 0 Å². The maximum Gasteiger partial charge on any atom is 0.335 e. The Morgan fingerprint density at radius 3 is 2.76 bits per heavy atom. The molecule has 1 aliphatic heterocycles. The number of carbonyl (C=O) groups is 1. The third-order valence-corrected chi connectivity index (χ3v) is 4.12. The lowest BCUT2D eigenvalue weighted by atomic mass is 10.2. The summed E-state index contributed by atoms with van der Waals surface area (Å²) in [5, 5.41) is 8.51. The minimum Gasteiger partial charge on any atom is -0.314 e. The van der Waals surface area contributed by atoms with Gasteiger partial charge in [0.1, 0.15) is 0 Å². The average Bonchev–Trinajstić information content (AvgIpc) is 2.97. The number of nitrogens with one attached hydrogen (secondary N) is 3. The first-order valence-corrected chi connectivity index (χ1v) is 7.67. The summed E-state index contributed by atoms with van der Waals surface area (Å²) in [6.45, 7) is 3.38. The molecule has 0 bridgehead atoms. The summed E-state index contributed by atoms with van der Waals surface area (Å²) in [5.74, 6) is 0. The molecule has 2 heterocycles. The number of hydrogen-bond donors (Lipinski definition) is 3. The lowest BCUT2D eigenvalue weighted by Gasteiger charge is -2.27. The van der Waals surface area contributed by atoms with Crippen LogP contribution in [0.1, 0.15) is 0 Å². The first-order valence-electron chi connectivity index (χ1n) is 6.86. The summed E-state index contributed by atoms with van der Waals surface area (Å²) in [7, 11) is 0. The Bertz CT molecular complexity index is 594. The zero-order chi connectivity index (χ0) is 14.5. The number of rotatable bonds is 3. The van der Waals surface area contributed by atoms with Crippen LogP contribution in [0, 0.1) is 0 Å². The molecule has 0 atom stereocenters. The second-order valence-electron chi connectivity index (χ2n) is 4.70. The van der Waals surface area contributed by atoms with Crippen LogP contribution in [0.3, 0.4) is 0 Å². The number of amides is 2. The highest BCUT2D eigenvalue weighted by Gasteiger charge is 2.13. The van der Waals surface area contributed by atoms with E-state index in [1.54, 1.807) is 6.20 Å². The molecule has 3 rings (SSSR count). The molecule has 7 heteroatoms. The van der Waals surface area contributed by atoms with E-state index in [1.165, 1.54) is 11.3 Å². The van der Waals surface area contributed by atoms with Crippen LogP contribution in [-0.2, 0) is 0 Å². The number of urea groups is 1. The van der Waals surface area contributed by atoms with Crippen molar-refractivity contribution in [3.05, 3.63) is 36.5 Å². The monoisotopic (exact) mass is 303 g/mol. The number of piperazine rings is 1. The van der Waals surface area contributed by atoms with Crippen molar-refractivity contribution in [2.75, 3.05) is 31.5 Å². The lowest BCUT2D eigenvalue weighted by molar-refractivity contribution is 0.170. The zero-order valence-electron chi connectivity index (χ0n) is 11.5. The molecule has 2 amide bonds. The van der Waals surface area contributed by atoms with E-state index in [9.17, 15) is 4.79 Å². The zero-order valence-corrected chi connectivity index (χ0v) is 12.3. The number of hydrazine groups is 1. The molecule has 0 radical (unpaired) electrons. The van der Waals surface area contributed by atoms with Gasteiger partial charge in [-0.05, 0) is 5.56 Å². The van der Waals surface area contributed by atoms with Crippen LogP contribution >= 0.6 is 11.3 Å². The van der Waals surface area contributed by atoms with Crippen LogP contribution in [-0.4, -0.2) is 42.2 Å². The minimum atomic E-state index is -0.245. The normalized spacial score (nSPS) is 15.6. The molecule has 1 aromatic heterocycles. The van der Waals surface area contributed by atoms with Gasteiger partial charge in [0.15, 0.2) is 5.13 Å². The molecular formula is C14H17N5OS. The summed E-state index contributed by atoms with van der Waals surface area (Å²) in [6.07, 6.45) is 1.78. The van der Waals surface area contributed by atoms with Crippen molar-refractivity contribution in [3.63, 3.8) is 0 Å². The molecule has 0 saturated carbocycles. The summed E-state index contributed by atoms with van der Waals surface area (Å²) >= 11 is 1.46. The molecule has 1 aromatic carbocycles. The highest BCUT2D eigenvalue weighted by Crippen LogP contribution is 2.28. The van der Waals surface area contributed by atoms with E-state index in [2.05, 4.69) is 21.0 Å². The maximum absolute atomic E-state index is 11.9. The summed E-state index contributed by atoms with van der Waals surface area (Å²) < 4.78 is 0. The van der Waals surface area contributed by atoms with Crippen LogP contribution in [0.2, 0.25) is 0 Å². The van der Waals surface area contributed by atoms with E-state index in [1.807, 2.05) is 35.3 Å². The van der Waals surface area contributed by atoms with E-state index in [-0.39, 0.29) is 6.03 Å². The van der Waals surface area contributed by atoms with Gasteiger partial charge in [-0.1, -0.05) is 41.7 Å². The topological polar surface area (TPSA) is 69.3 Å². The third kappa shape index (κ3) is 3.78. The van der Waals surface area contributed by atoms with Crippen molar-refractivity contribution < 1.29 is 4.79 Å². The first kappa shape index (κ1) is 14.0. The molecule has 0 spiro atoms. The quantitative estimate of drug-likeness (QED) is 0.808. The first-order chi connectivity index (χ1) is 10.3. The van der Waals surface area contributed by atoms with E-state index in [0.717, 1.165) is 36.6 Å². The lowest BCUT2D eigenvalue weighted by Crippen LogP contribution is -2.53. The second kappa shape index (κ2) is 6.66. The smallest absolute Gasteiger partial charge is 0.314 e. The summed E-state index contributed by atoms with van der Waals surface area (Å²) in [5.41, 5.74) is 3.93. The van der Waals surface area contributed by atoms with E-state index < -0.39 is 0 Å². The summed E-state index contributed by atoms with van der Waals surface area (Å²) in [6, 6.07) is 9.75. The van der Waals surface area contributed by atoms with Gasteiger partial charge < -0.3 is 5.32 Å². The molecule has 1 fully saturated rings. The average molecular weight is 303 g/mol. The molecule has 6 nitrogen and oxygen atoms in total. The van der Waals surface area contributed by atoms with Crippen LogP contribution < -0.4 is 16.1 Å². The number of nitrogens with zero attached hydrogens (tertiary/aromatic N) is 2. The van der Waals surface area contributed by atoms with E-state index in [0.29, 0.717) is 5.13 Å². The fraction of sp³-hybridized carbons (Fsp3) is 0.286. The van der Waals surface area contributed by atoms with Crippen molar-refractivity contribution in [3.8, 4) is 10.4 Å². The Labute approximate surface area is 127 Å². The van der Waals surface area contributed by atoms with Crippen LogP contribution in [0.5, 0.6) is 0 Å². The fourth-order valence-electron chi connectivity index (χ4n) is 2.11. The highest BCUT2D eigenvalue weighted by molar-refractivity contribution is 7.19. The fourth-order valence-corrected chi connectivity index (χ4v) is 2.93. The molecule has 0 aliphatic carbocycles. The van der Waals surface area contributed by atoms with Gasteiger partial charge in [-0.15, -0.1) is 0 Å². The van der Waals surface area contributed by atoms with Crippen molar-refractivity contribution >= 4 is 22.5 Å². The SMILES string of the molecule is O=C(Nc1ncc(-c2ccccc2)s1)NN1CCNCC1. The number of anilines is 1. The molecule has 0 unspecified atom stereocenters. The number of aromatic nitrogens is 1. The van der Waals surface area contributed by atoms with Gasteiger partial charge in [0, 0.05) is 32.4 Å². The van der Waals surface area contributed by atoms with Gasteiger partial charge in [-0.25, -0.2) is 14.8 Å². The van der Waals surface area contributed by atoms with E-state index in [4.69, 9.17) is 0 Å². The van der Waals surface area contributed by atoms with Crippen molar-refractivity contribution in [2.24, 2.45) is 0 Å². The standard InChI is InChI=1S/C14H17N5OS/c20-13(18-19-8-6-15-7-9-19)17-14-16-10-12(21-14)11-4-2-1-3-5-11/h1-5,10,15H,6-9H2,(H2,16,17,18,20). The Kier molecular flexibility index (Phi) is 4.44. The molecule has 1 saturated heterocycles. The predicted molar refractivity (Wildman–Crippen MR) is 84.1 cm³/mol. The molecule has 21 heavy (non-hydrogen) atoms. The largest absolute Gasteiger partial charge is 0.335 e. The minimum absolute atomic E-state index is 0.245. The van der Waals surface area contributed by atoms with E-state index >= 15 is 0 Å². The van der Waals surface area contributed by atoms with Crippen molar-refractivity contribution in [1.82, 2.24) is 20.7 Å². The Balaban J connectivity index is 1.58. The van der Waals surface area contributed by atoms with Crippen LogP contribution in [0.4, 0.5) is 9.93 Å². The van der Waals surface area contributed by atoms with Crippen molar-refractivity contribution in [2.45, 2.75) is 0 Å². The van der Waals surface area contributed by atoms with Crippen LogP contribution in [0.15, 0.2) is 36.5 Å².